The smallest absolute Gasteiger partial charge is 0.240 e. The summed E-state index contributed by atoms with van der Waals surface area (Å²) in [6, 6.07) is 4.68. The molecule has 0 heterocycles. The molecule has 0 aromatic heterocycles. The Balaban J connectivity index is 3.03. The number of nitrogens with two attached hydrogens (primary N) is 1. The first-order valence-electron chi connectivity index (χ1n) is 5.25. The lowest BCUT2D eigenvalue weighted by atomic mass is 10.2. The summed E-state index contributed by atoms with van der Waals surface area (Å²) in [6.45, 7) is 5.60. The number of nitrogens with one attached hydrogen (secondary N) is 1. The largest absolute Gasteiger partial charge is 0.398 e. The highest BCUT2D eigenvalue weighted by Gasteiger charge is 2.16. The average molecular weight is 242 g/mol. The zero-order valence-electron chi connectivity index (χ0n) is 9.82. The first-order valence-corrected chi connectivity index (χ1v) is 6.73. The fourth-order valence-electron chi connectivity index (χ4n) is 1.20. The van der Waals surface area contributed by atoms with Gasteiger partial charge in [0.15, 0.2) is 0 Å². The Morgan fingerprint density at radius 3 is 2.56 bits per heavy atom. The van der Waals surface area contributed by atoms with Crippen LogP contribution in [0.2, 0.25) is 0 Å². The minimum Gasteiger partial charge on any atom is -0.398 e. The van der Waals surface area contributed by atoms with E-state index >= 15 is 0 Å². The minimum atomic E-state index is -3.44. The lowest BCUT2D eigenvalue weighted by Crippen LogP contribution is -2.32. The summed E-state index contributed by atoms with van der Waals surface area (Å²) in [5.74, 6) is 0. The Bertz CT molecular complexity index is 469. The Hall–Kier alpha value is -1.07. The molecule has 0 aliphatic heterocycles. The molecule has 0 saturated heterocycles. The SMILES string of the molecule is CC[C@@H](C)NS(=O)(=O)c1ccc(C)c(N)c1. The van der Waals surface area contributed by atoms with Gasteiger partial charge in [-0.2, -0.15) is 0 Å². The van der Waals surface area contributed by atoms with Crippen molar-refractivity contribution in [3.8, 4) is 0 Å². The van der Waals surface area contributed by atoms with E-state index in [-0.39, 0.29) is 10.9 Å². The van der Waals surface area contributed by atoms with Gasteiger partial charge in [0.1, 0.15) is 0 Å². The van der Waals surface area contributed by atoms with Gasteiger partial charge in [0, 0.05) is 11.7 Å². The fourth-order valence-corrected chi connectivity index (χ4v) is 2.56. The maximum Gasteiger partial charge on any atom is 0.240 e. The van der Waals surface area contributed by atoms with Crippen molar-refractivity contribution in [2.24, 2.45) is 0 Å². The second-order valence-corrected chi connectivity index (χ2v) is 5.66. The van der Waals surface area contributed by atoms with E-state index in [1.807, 2.05) is 20.8 Å². The quantitative estimate of drug-likeness (QED) is 0.789. The van der Waals surface area contributed by atoms with Crippen LogP contribution in [-0.2, 0) is 10.0 Å². The number of aryl methyl sites for hydroxylation is 1. The van der Waals surface area contributed by atoms with E-state index in [0.717, 1.165) is 12.0 Å². The summed E-state index contributed by atoms with van der Waals surface area (Å²) in [7, 11) is -3.44. The second kappa shape index (κ2) is 4.84. The Morgan fingerprint density at radius 1 is 1.44 bits per heavy atom. The molecule has 5 heteroatoms. The van der Waals surface area contributed by atoms with Crippen LogP contribution >= 0.6 is 0 Å². The van der Waals surface area contributed by atoms with Crippen molar-refractivity contribution < 1.29 is 8.42 Å². The first-order chi connectivity index (χ1) is 7.36. The molecule has 0 aliphatic carbocycles. The van der Waals surface area contributed by atoms with Crippen molar-refractivity contribution in [1.29, 1.82) is 0 Å². The van der Waals surface area contributed by atoms with Crippen molar-refractivity contribution in [3.05, 3.63) is 23.8 Å². The number of anilines is 1. The van der Waals surface area contributed by atoms with Gasteiger partial charge < -0.3 is 5.73 Å². The first kappa shape index (κ1) is 13.0. The van der Waals surface area contributed by atoms with Crippen molar-refractivity contribution in [2.75, 3.05) is 5.73 Å². The lowest BCUT2D eigenvalue weighted by molar-refractivity contribution is 0.556. The fraction of sp³-hybridized carbons (Fsp3) is 0.455. The van der Waals surface area contributed by atoms with Crippen LogP contribution in [0.3, 0.4) is 0 Å². The van der Waals surface area contributed by atoms with Crippen LogP contribution in [0.25, 0.3) is 0 Å². The Kier molecular flexibility index (Phi) is 3.93. The standard InChI is InChI=1S/C11H18N2O2S/c1-4-9(3)13-16(14,15)10-6-5-8(2)11(12)7-10/h5-7,9,13H,4,12H2,1-3H3/t9-/m1/s1. The average Bonchev–Trinajstić information content (AvgIpc) is 2.21. The maximum atomic E-state index is 11.9. The zero-order chi connectivity index (χ0) is 12.3. The number of benzene rings is 1. The van der Waals surface area contributed by atoms with E-state index in [1.54, 1.807) is 12.1 Å². The minimum absolute atomic E-state index is 0.0764. The summed E-state index contributed by atoms with van der Waals surface area (Å²) in [6.07, 6.45) is 0.751. The van der Waals surface area contributed by atoms with Crippen LogP contribution in [0.1, 0.15) is 25.8 Å². The van der Waals surface area contributed by atoms with Crippen molar-refractivity contribution in [1.82, 2.24) is 4.72 Å². The molecule has 0 aliphatic rings. The molecular formula is C11H18N2O2S. The molecule has 90 valence electrons. The predicted octanol–water partition coefficient (Wildman–Crippen LogP) is 1.65. The summed E-state index contributed by atoms with van der Waals surface area (Å²) in [5, 5.41) is 0. The van der Waals surface area contributed by atoms with Crippen LogP contribution in [0, 0.1) is 6.92 Å². The summed E-state index contributed by atoms with van der Waals surface area (Å²) in [5.41, 5.74) is 7.06. The molecule has 0 bridgehead atoms. The second-order valence-electron chi connectivity index (χ2n) is 3.95. The van der Waals surface area contributed by atoms with E-state index < -0.39 is 10.0 Å². The number of sulfonamides is 1. The van der Waals surface area contributed by atoms with Gasteiger partial charge >= 0.3 is 0 Å². The third-order valence-electron chi connectivity index (χ3n) is 2.53. The highest BCUT2D eigenvalue weighted by Crippen LogP contribution is 2.17. The Labute approximate surface area is 96.9 Å². The summed E-state index contributed by atoms with van der Waals surface area (Å²) in [4.78, 5) is 0.218. The number of hydrogen-bond acceptors (Lipinski definition) is 3. The summed E-state index contributed by atoms with van der Waals surface area (Å²) >= 11 is 0. The molecule has 1 atom stereocenters. The van der Waals surface area contributed by atoms with Crippen molar-refractivity contribution in [3.63, 3.8) is 0 Å². The van der Waals surface area contributed by atoms with Gasteiger partial charge in [0.2, 0.25) is 10.0 Å². The Morgan fingerprint density at radius 2 is 2.06 bits per heavy atom. The molecule has 16 heavy (non-hydrogen) atoms. The molecule has 0 radical (unpaired) electrons. The summed E-state index contributed by atoms with van der Waals surface area (Å²) < 4.78 is 26.4. The maximum absolute atomic E-state index is 11.9. The molecule has 0 saturated carbocycles. The monoisotopic (exact) mass is 242 g/mol. The zero-order valence-corrected chi connectivity index (χ0v) is 10.6. The third kappa shape index (κ3) is 2.96. The van der Waals surface area contributed by atoms with Gasteiger partial charge in [-0.25, -0.2) is 13.1 Å². The van der Waals surface area contributed by atoms with Crippen LogP contribution in [0.5, 0.6) is 0 Å². The van der Waals surface area contributed by atoms with Crippen molar-refractivity contribution >= 4 is 15.7 Å². The van der Waals surface area contributed by atoms with Crippen LogP contribution in [0.4, 0.5) is 5.69 Å². The molecule has 1 aromatic rings. The molecule has 1 rings (SSSR count). The number of hydrogen-bond donors (Lipinski definition) is 2. The molecular weight excluding hydrogens is 224 g/mol. The molecule has 1 aromatic carbocycles. The van der Waals surface area contributed by atoms with Crippen LogP contribution < -0.4 is 10.5 Å². The van der Waals surface area contributed by atoms with Gasteiger partial charge in [0.05, 0.1) is 4.90 Å². The van der Waals surface area contributed by atoms with Gasteiger partial charge in [-0.15, -0.1) is 0 Å². The molecule has 4 nitrogen and oxygen atoms in total. The molecule has 3 N–H and O–H groups in total. The van der Waals surface area contributed by atoms with Gasteiger partial charge in [0.25, 0.3) is 0 Å². The molecule has 0 spiro atoms. The highest BCUT2D eigenvalue weighted by molar-refractivity contribution is 7.89. The van der Waals surface area contributed by atoms with E-state index in [4.69, 9.17) is 5.73 Å². The molecule has 0 unspecified atom stereocenters. The van der Waals surface area contributed by atoms with E-state index in [9.17, 15) is 8.42 Å². The van der Waals surface area contributed by atoms with Gasteiger partial charge in [-0.1, -0.05) is 13.0 Å². The third-order valence-corrected chi connectivity index (χ3v) is 4.12. The van der Waals surface area contributed by atoms with Crippen LogP contribution in [0.15, 0.2) is 23.1 Å². The van der Waals surface area contributed by atoms with E-state index in [0.29, 0.717) is 5.69 Å². The predicted molar refractivity (Wildman–Crippen MR) is 65.7 cm³/mol. The van der Waals surface area contributed by atoms with Gasteiger partial charge in [-0.3, -0.25) is 0 Å². The normalized spacial score (nSPS) is 13.7. The number of nitrogen functional groups attached to an aromatic ring is 1. The number of rotatable bonds is 4. The highest BCUT2D eigenvalue weighted by atomic mass is 32.2. The molecule has 0 fully saturated rings. The molecule has 0 amide bonds. The topological polar surface area (TPSA) is 72.2 Å². The van der Waals surface area contributed by atoms with E-state index in [2.05, 4.69) is 4.72 Å². The van der Waals surface area contributed by atoms with Crippen molar-refractivity contribution in [2.45, 2.75) is 38.1 Å². The lowest BCUT2D eigenvalue weighted by Gasteiger charge is -2.12. The van der Waals surface area contributed by atoms with Crippen LogP contribution in [-0.4, -0.2) is 14.5 Å². The van der Waals surface area contributed by atoms with Gasteiger partial charge in [-0.05, 0) is 38.0 Å². The van der Waals surface area contributed by atoms with E-state index in [1.165, 1.54) is 6.07 Å².